The fraction of sp³-hybridized carbons (Fsp3) is 0.350. The molecule has 2 N–H and O–H groups in total. The van der Waals surface area contributed by atoms with Crippen molar-refractivity contribution in [3.05, 3.63) is 59.7 Å². The molecular formula is C20H25N3O2. The molecule has 25 heavy (non-hydrogen) atoms. The molecule has 0 bridgehead atoms. The van der Waals surface area contributed by atoms with E-state index in [4.69, 9.17) is 0 Å². The van der Waals surface area contributed by atoms with Crippen LogP contribution in [-0.2, 0) is 0 Å². The van der Waals surface area contributed by atoms with Gasteiger partial charge in [0.25, 0.3) is 0 Å². The van der Waals surface area contributed by atoms with Crippen molar-refractivity contribution in [3.63, 3.8) is 0 Å². The molecule has 132 valence electrons. The minimum atomic E-state index is -0.0345. The van der Waals surface area contributed by atoms with Crippen LogP contribution in [0, 0.1) is 6.92 Å². The second-order valence-electron chi connectivity index (χ2n) is 6.49. The molecule has 1 atom stereocenters. The summed E-state index contributed by atoms with van der Waals surface area (Å²) in [7, 11) is 0. The van der Waals surface area contributed by atoms with E-state index in [1.54, 1.807) is 6.07 Å². The highest BCUT2D eigenvalue weighted by atomic mass is 16.3. The Morgan fingerprint density at radius 1 is 1.04 bits per heavy atom. The quantitative estimate of drug-likeness (QED) is 0.902. The van der Waals surface area contributed by atoms with Crippen LogP contribution in [0.1, 0.15) is 24.1 Å². The molecule has 1 fully saturated rings. The molecule has 0 aliphatic carbocycles. The Balaban J connectivity index is 1.57. The molecule has 2 aromatic rings. The van der Waals surface area contributed by atoms with Crippen LogP contribution in [0.15, 0.2) is 48.5 Å². The summed E-state index contributed by atoms with van der Waals surface area (Å²) in [6.45, 7) is 6.77. The van der Waals surface area contributed by atoms with Gasteiger partial charge in [-0.1, -0.05) is 36.4 Å². The van der Waals surface area contributed by atoms with Crippen LogP contribution in [0.4, 0.5) is 10.5 Å². The Morgan fingerprint density at radius 3 is 2.36 bits per heavy atom. The lowest BCUT2D eigenvalue weighted by Gasteiger charge is -2.36. The summed E-state index contributed by atoms with van der Waals surface area (Å²) in [6, 6.07) is 15.4. The first-order valence-corrected chi connectivity index (χ1v) is 8.70. The number of urea groups is 1. The Morgan fingerprint density at radius 2 is 1.68 bits per heavy atom. The number of hydrogen-bond donors (Lipinski definition) is 2. The Hall–Kier alpha value is -2.69. The van der Waals surface area contributed by atoms with Crippen molar-refractivity contribution in [2.75, 3.05) is 31.1 Å². The standard InChI is InChI=1S/C20H25N3O2/c1-15-7-3-4-8-17(15)16(2)21-20(25)23-13-11-22(12-14-23)18-9-5-6-10-19(18)24/h3-10,16,24H,11-14H2,1-2H3,(H,21,25). The number of aromatic hydroxyl groups is 1. The van der Waals surface area contributed by atoms with Crippen molar-refractivity contribution in [2.24, 2.45) is 0 Å². The van der Waals surface area contributed by atoms with Crippen molar-refractivity contribution in [2.45, 2.75) is 19.9 Å². The van der Waals surface area contributed by atoms with Crippen LogP contribution < -0.4 is 10.2 Å². The molecule has 0 spiro atoms. The molecule has 2 amide bonds. The van der Waals surface area contributed by atoms with Crippen molar-refractivity contribution < 1.29 is 9.90 Å². The highest BCUT2D eigenvalue weighted by Gasteiger charge is 2.23. The number of nitrogens with zero attached hydrogens (tertiary/aromatic N) is 2. The maximum atomic E-state index is 12.6. The van der Waals surface area contributed by atoms with Gasteiger partial charge in [0.1, 0.15) is 5.75 Å². The maximum absolute atomic E-state index is 12.6. The van der Waals surface area contributed by atoms with E-state index in [2.05, 4.69) is 29.3 Å². The number of carbonyl (C=O) groups is 1. The summed E-state index contributed by atoms with van der Waals surface area (Å²) in [4.78, 5) is 16.5. The number of phenolic OH excluding ortho intramolecular Hbond substituents is 1. The average molecular weight is 339 g/mol. The topological polar surface area (TPSA) is 55.8 Å². The van der Waals surface area contributed by atoms with E-state index >= 15 is 0 Å². The maximum Gasteiger partial charge on any atom is 0.317 e. The highest BCUT2D eigenvalue weighted by Crippen LogP contribution is 2.27. The number of carbonyl (C=O) groups excluding carboxylic acids is 1. The molecule has 1 unspecified atom stereocenters. The highest BCUT2D eigenvalue weighted by molar-refractivity contribution is 5.75. The number of hydrogen-bond acceptors (Lipinski definition) is 3. The van der Waals surface area contributed by atoms with E-state index in [9.17, 15) is 9.90 Å². The van der Waals surface area contributed by atoms with Crippen LogP contribution in [0.5, 0.6) is 5.75 Å². The number of para-hydroxylation sites is 2. The van der Waals surface area contributed by atoms with Crippen LogP contribution in [0.3, 0.4) is 0 Å². The minimum absolute atomic E-state index is 0.0232. The number of piperazine rings is 1. The molecule has 5 heteroatoms. The number of amides is 2. The summed E-state index contributed by atoms with van der Waals surface area (Å²) in [6.07, 6.45) is 0. The van der Waals surface area contributed by atoms with Crippen LogP contribution in [-0.4, -0.2) is 42.2 Å². The molecule has 1 aliphatic heterocycles. The van der Waals surface area contributed by atoms with Crippen molar-refractivity contribution in [1.29, 1.82) is 0 Å². The molecule has 1 aliphatic rings. The van der Waals surface area contributed by atoms with E-state index in [1.807, 2.05) is 42.2 Å². The van der Waals surface area contributed by atoms with Crippen molar-refractivity contribution >= 4 is 11.7 Å². The van der Waals surface area contributed by atoms with E-state index in [0.717, 1.165) is 11.3 Å². The number of aryl methyl sites for hydroxylation is 1. The minimum Gasteiger partial charge on any atom is -0.506 e. The Bertz CT molecular complexity index is 739. The number of phenols is 1. The molecule has 3 rings (SSSR count). The largest absolute Gasteiger partial charge is 0.506 e. The van der Waals surface area contributed by atoms with Gasteiger partial charge in [0, 0.05) is 26.2 Å². The van der Waals surface area contributed by atoms with Crippen LogP contribution in [0.2, 0.25) is 0 Å². The molecule has 5 nitrogen and oxygen atoms in total. The molecule has 0 radical (unpaired) electrons. The Kier molecular flexibility index (Phi) is 5.12. The van der Waals surface area contributed by atoms with Gasteiger partial charge in [0.05, 0.1) is 11.7 Å². The van der Waals surface area contributed by atoms with Gasteiger partial charge >= 0.3 is 6.03 Å². The number of rotatable bonds is 3. The van der Waals surface area contributed by atoms with Gasteiger partial charge < -0.3 is 20.2 Å². The lowest BCUT2D eigenvalue weighted by Crippen LogP contribution is -2.52. The molecule has 0 aromatic heterocycles. The summed E-state index contributed by atoms with van der Waals surface area (Å²) < 4.78 is 0. The van der Waals surface area contributed by atoms with E-state index in [1.165, 1.54) is 5.56 Å². The lowest BCUT2D eigenvalue weighted by atomic mass is 10.0. The molecule has 2 aromatic carbocycles. The molecule has 0 saturated carbocycles. The van der Waals surface area contributed by atoms with Gasteiger partial charge in [0.2, 0.25) is 0 Å². The SMILES string of the molecule is Cc1ccccc1C(C)NC(=O)N1CCN(c2ccccc2O)CC1. The van der Waals surface area contributed by atoms with Gasteiger partial charge in [-0.3, -0.25) is 0 Å². The summed E-state index contributed by atoms with van der Waals surface area (Å²) in [5.74, 6) is 0.286. The predicted molar refractivity (Wildman–Crippen MR) is 100 cm³/mol. The molecule has 1 saturated heterocycles. The fourth-order valence-electron chi connectivity index (χ4n) is 3.31. The third-order valence-electron chi connectivity index (χ3n) is 4.78. The predicted octanol–water partition coefficient (Wildman–Crippen LogP) is 3.29. The number of nitrogens with one attached hydrogen (secondary N) is 1. The second-order valence-corrected chi connectivity index (χ2v) is 6.49. The first-order valence-electron chi connectivity index (χ1n) is 8.70. The normalized spacial score (nSPS) is 15.8. The molecule has 1 heterocycles. The zero-order valence-electron chi connectivity index (χ0n) is 14.8. The zero-order valence-corrected chi connectivity index (χ0v) is 14.8. The van der Waals surface area contributed by atoms with Crippen LogP contribution >= 0.6 is 0 Å². The van der Waals surface area contributed by atoms with E-state index in [-0.39, 0.29) is 17.8 Å². The van der Waals surface area contributed by atoms with Gasteiger partial charge in [0.15, 0.2) is 0 Å². The first kappa shape index (κ1) is 17.1. The second kappa shape index (κ2) is 7.47. The number of benzene rings is 2. The van der Waals surface area contributed by atoms with Crippen molar-refractivity contribution in [1.82, 2.24) is 10.2 Å². The summed E-state index contributed by atoms with van der Waals surface area (Å²) >= 11 is 0. The number of anilines is 1. The van der Waals surface area contributed by atoms with Gasteiger partial charge in [-0.2, -0.15) is 0 Å². The van der Waals surface area contributed by atoms with Gasteiger partial charge in [-0.25, -0.2) is 4.79 Å². The Labute approximate surface area is 148 Å². The van der Waals surface area contributed by atoms with Crippen LogP contribution in [0.25, 0.3) is 0 Å². The van der Waals surface area contributed by atoms with E-state index < -0.39 is 0 Å². The fourth-order valence-corrected chi connectivity index (χ4v) is 3.31. The molecular weight excluding hydrogens is 314 g/mol. The summed E-state index contributed by atoms with van der Waals surface area (Å²) in [5, 5.41) is 13.1. The third-order valence-corrected chi connectivity index (χ3v) is 4.78. The smallest absolute Gasteiger partial charge is 0.317 e. The first-order chi connectivity index (χ1) is 12.1. The zero-order chi connectivity index (χ0) is 17.8. The van der Waals surface area contributed by atoms with Gasteiger partial charge in [-0.15, -0.1) is 0 Å². The third kappa shape index (κ3) is 3.87. The van der Waals surface area contributed by atoms with Crippen molar-refractivity contribution in [3.8, 4) is 5.75 Å². The average Bonchev–Trinajstić information content (AvgIpc) is 2.62. The van der Waals surface area contributed by atoms with Gasteiger partial charge in [-0.05, 0) is 37.1 Å². The monoisotopic (exact) mass is 339 g/mol. The van der Waals surface area contributed by atoms with E-state index in [0.29, 0.717) is 26.2 Å². The lowest BCUT2D eigenvalue weighted by molar-refractivity contribution is 0.191. The summed E-state index contributed by atoms with van der Waals surface area (Å²) in [5.41, 5.74) is 3.15.